The summed E-state index contributed by atoms with van der Waals surface area (Å²) in [6.45, 7) is 13.0. The van der Waals surface area contributed by atoms with Crippen LogP contribution >= 0.6 is 11.3 Å². The summed E-state index contributed by atoms with van der Waals surface area (Å²) in [5.41, 5.74) is 2.73. The number of aryl methyl sites for hydroxylation is 2. The van der Waals surface area contributed by atoms with E-state index in [0.717, 1.165) is 29.0 Å². The van der Waals surface area contributed by atoms with Gasteiger partial charge in [-0.25, -0.2) is 0 Å². The first kappa shape index (κ1) is 22.9. The van der Waals surface area contributed by atoms with Crippen LogP contribution in [0.5, 0.6) is 5.75 Å². The Kier molecular flexibility index (Phi) is 7.72. The summed E-state index contributed by atoms with van der Waals surface area (Å²) >= 11 is 1.73. The molecule has 2 N–H and O–H groups in total. The molecule has 1 heterocycles. The molecule has 0 unspecified atom stereocenters. The third-order valence-corrected chi connectivity index (χ3v) is 7.81. The standard InChI is InChI=1S/C24H36O3S/c1-7-23(26,8-2)16-27-20-12-11-19(13-17(20)5)24(9-3,10-4)22-14-18(6)21(15-25)28-22/h11-14,25-26H,7-10,15-16H2,1-6H3. The van der Waals surface area contributed by atoms with Crippen LogP contribution in [0.3, 0.4) is 0 Å². The van der Waals surface area contributed by atoms with Gasteiger partial charge in [-0.15, -0.1) is 11.3 Å². The molecule has 0 aliphatic carbocycles. The van der Waals surface area contributed by atoms with Crippen LogP contribution in [-0.4, -0.2) is 22.4 Å². The summed E-state index contributed by atoms with van der Waals surface area (Å²) < 4.78 is 5.98. The van der Waals surface area contributed by atoms with Crippen LogP contribution in [0, 0.1) is 13.8 Å². The van der Waals surface area contributed by atoms with Crippen LogP contribution in [0.15, 0.2) is 24.3 Å². The van der Waals surface area contributed by atoms with Crippen LogP contribution in [0.4, 0.5) is 0 Å². The van der Waals surface area contributed by atoms with Gasteiger partial charge in [0, 0.05) is 15.2 Å². The van der Waals surface area contributed by atoms with Gasteiger partial charge < -0.3 is 14.9 Å². The van der Waals surface area contributed by atoms with Gasteiger partial charge in [0.15, 0.2) is 0 Å². The largest absolute Gasteiger partial charge is 0.490 e. The molecule has 1 aromatic heterocycles. The van der Waals surface area contributed by atoms with E-state index in [4.69, 9.17) is 4.74 Å². The summed E-state index contributed by atoms with van der Waals surface area (Å²) in [6, 6.07) is 8.68. The molecule has 156 valence electrons. The van der Waals surface area contributed by atoms with Gasteiger partial charge in [0.1, 0.15) is 12.4 Å². The average molecular weight is 405 g/mol. The fraction of sp³-hybridized carbons (Fsp3) is 0.583. The second-order valence-corrected chi connectivity index (χ2v) is 9.00. The van der Waals surface area contributed by atoms with E-state index in [1.807, 2.05) is 19.9 Å². The second-order valence-electron chi connectivity index (χ2n) is 7.86. The van der Waals surface area contributed by atoms with Gasteiger partial charge in [-0.3, -0.25) is 0 Å². The molecule has 28 heavy (non-hydrogen) atoms. The van der Waals surface area contributed by atoms with Crippen LogP contribution < -0.4 is 4.74 Å². The van der Waals surface area contributed by atoms with Crippen LogP contribution in [0.1, 0.15) is 79.8 Å². The zero-order chi connectivity index (χ0) is 20.9. The van der Waals surface area contributed by atoms with E-state index in [2.05, 4.69) is 45.9 Å². The molecule has 0 amide bonds. The SMILES string of the molecule is CCC(O)(CC)COc1ccc(C(CC)(CC)c2cc(C)c(CO)s2)cc1C. The molecule has 0 radical (unpaired) electrons. The number of aliphatic hydroxyl groups is 2. The lowest BCUT2D eigenvalue weighted by Gasteiger charge is -2.32. The lowest BCUT2D eigenvalue weighted by Crippen LogP contribution is -2.34. The van der Waals surface area contributed by atoms with Crippen molar-refractivity contribution in [3.8, 4) is 5.75 Å². The number of hydrogen-bond donors (Lipinski definition) is 2. The molecule has 0 saturated heterocycles. The van der Waals surface area contributed by atoms with Crippen molar-refractivity contribution >= 4 is 11.3 Å². The number of thiophene rings is 1. The first-order valence-electron chi connectivity index (χ1n) is 10.5. The van der Waals surface area contributed by atoms with Crippen molar-refractivity contribution < 1.29 is 14.9 Å². The van der Waals surface area contributed by atoms with Gasteiger partial charge in [-0.2, -0.15) is 0 Å². The normalized spacial score (nSPS) is 12.4. The van der Waals surface area contributed by atoms with E-state index >= 15 is 0 Å². The maximum atomic E-state index is 10.5. The second kappa shape index (κ2) is 9.43. The summed E-state index contributed by atoms with van der Waals surface area (Å²) in [6.07, 6.45) is 3.36. The summed E-state index contributed by atoms with van der Waals surface area (Å²) in [7, 11) is 0. The van der Waals surface area contributed by atoms with Crippen LogP contribution in [0.2, 0.25) is 0 Å². The first-order valence-corrected chi connectivity index (χ1v) is 11.3. The molecule has 0 atom stereocenters. The Bertz CT molecular complexity index is 770. The van der Waals surface area contributed by atoms with Gasteiger partial charge in [-0.05, 0) is 68.4 Å². The Balaban J connectivity index is 2.37. The number of hydrogen-bond acceptors (Lipinski definition) is 4. The fourth-order valence-electron chi connectivity index (χ4n) is 3.84. The van der Waals surface area contributed by atoms with E-state index in [1.54, 1.807) is 11.3 Å². The van der Waals surface area contributed by atoms with Crippen molar-refractivity contribution in [1.82, 2.24) is 0 Å². The molecular formula is C24H36O3S. The summed E-state index contributed by atoms with van der Waals surface area (Å²) in [5.74, 6) is 0.837. The Morgan fingerprint density at radius 1 is 0.929 bits per heavy atom. The van der Waals surface area contributed by atoms with Crippen molar-refractivity contribution in [1.29, 1.82) is 0 Å². The van der Waals surface area contributed by atoms with Crippen molar-refractivity contribution in [2.45, 2.75) is 84.8 Å². The predicted molar refractivity (Wildman–Crippen MR) is 119 cm³/mol. The molecule has 1 aromatic carbocycles. The third kappa shape index (κ3) is 4.45. The topological polar surface area (TPSA) is 49.7 Å². The quantitative estimate of drug-likeness (QED) is 0.519. The van der Waals surface area contributed by atoms with Crippen LogP contribution in [0.25, 0.3) is 0 Å². The molecule has 3 nitrogen and oxygen atoms in total. The molecule has 4 heteroatoms. The molecule has 0 saturated carbocycles. The first-order chi connectivity index (χ1) is 13.3. The zero-order valence-electron chi connectivity index (χ0n) is 18.3. The van der Waals surface area contributed by atoms with Crippen molar-refractivity contribution in [3.05, 3.63) is 50.7 Å². The molecule has 2 rings (SSSR count). The number of ether oxygens (including phenoxy) is 1. The number of aliphatic hydroxyl groups excluding tert-OH is 1. The van der Waals surface area contributed by atoms with E-state index in [0.29, 0.717) is 19.4 Å². The smallest absolute Gasteiger partial charge is 0.122 e. The van der Waals surface area contributed by atoms with Crippen molar-refractivity contribution in [2.75, 3.05) is 6.61 Å². The highest BCUT2D eigenvalue weighted by molar-refractivity contribution is 7.12. The van der Waals surface area contributed by atoms with E-state index in [1.165, 1.54) is 16.0 Å². The summed E-state index contributed by atoms with van der Waals surface area (Å²) in [4.78, 5) is 2.37. The predicted octanol–water partition coefficient (Wildman–Crippen LogP) is 5.89. The minimum Gasteiger partial charge on any atom is -0.490 e. The highest BCUT2D eigenvalue weighted by Crippen LogP contribution is 2.44. The number of benzene rings is 1. The maximum absolute atomic E-state index is 10.5. The molecule has 0 bridgehead atoms. The molecule has 0 spiro atoms. The highest BCUT2D eigenvalue weighted by atomic mass is 32.1. The van der Waals surface area contributed by atoms with E-state index < -0.39 is 5.60 Å². The minimum absolute atomic E-state index is 0.0558. The third-order valence-electron chi connectivity index (χ3n) is 6.38. The highest BCUT2D eigenvalue weighted by Gasteiger charge is 2.33. The van der Waals surface area contributed by atoms with Gasteiger partial charge in [0.05, 0.1) is 12.2 Å². The van der Waals surface area contributed by atoms with Gasteiger partial charge in [0.25, 0.3) is 0 Å². The van der Waals surface area contributed by atoms with Crippen molar-refractivity contribution in [3.63, 3.8) is 0 Å². The average Bonchev–Trinajstić information content (AvgIpc) is 3.09. The molecule has 0 aliphatic heterocycles. The van der Waals surface area contributed by atoms with E-state index in [9.17, 15) is 10.2 Å². The Labute approximate surface area is 174 Å². The summed E-state index contributed by atoms with van der Waals surface area (Å²) in [5, 5.41) is 20.1. The lowest BCUT2D eigenvalue weighted by molar-refractivity contribution is -0.0115. The monoisotopic (exact) mass is 404 g/mol. The minimum atomic E-state index is -0.767. The Morgan fingerprint density at radius 2 is 1.57 bits per heavy atom. The Morgan fingerprint density at radius 3 is 2.04 bits per heavy atom. The molecule has 2 aromatic rings. The fourth-order valence-corrected chi connectivity index (χ4v) is 5.22. The van der Waals surface area contributed by atoms with Gasteiger partial charge >= 0.3 is 0 Å². The van der Waals surface area contributed by atoms with Gasteiger partial charge in [-0.1, -0.05) is 39.8 Å². The Hall–Kier alpha value is -1.36. The molecular weight excluding hydrogens is 368 g/mol. The molecule has 0 aliphatic rings. The maximum Gasteiger partial charge on any atom is 0.122 e. The molecule has 0 fully saturated rings. The number of rotatable bonds is 10. The lowest BCUT2D eigenvalue weighted by atomic mass is 9.74. The van der Waals surface area contributed by atoms with Gasteiger partial charge in [0.2, 0.25) is 0 Å². The zero-order valence-corrected chi connectivity index (χ0v) is 19.1. The van der Waals surface area contributed by atoms with Crippen molar-refractivity contribution in [2.24, 2.45) is 0 Å². The van der Waals surface area contributed by atoms with E-state index in [-0.39, 0.29) is 12.0 Å². The van der Waals surface area contributed by atoms with Crippen LogP contribution in [-0.2, 0) is 12.0 Å².